The number of rotatable bonds is 4. The second kappa shape index (κ2) is 9.13. The third-order valence-corrected chi connectivity index (χ3v) is 7.38. The van der Waals surface area contributed by atoms with Crippen molar-refractivity contribution in [1.29, 1.82) is 0 Å². The molecule has 9 nitrogen and oxygen atoms in total. The van der Waals surface area contributed by atoms with Gasteiger partial charge >= 0.3 is 5.97 Å². The van der Waals surface area contributed by atoms with Gasteiger partial charge in [0.2, 0.25) is 25.1 Å². The third-order valence-electron chi connectivity index (χ3n) is 7.38. The van der Waals surface area contributed by atoms with Crippen LogP contribution in [0.4, 0.5) is 0 Å². The van der Waals surface area contributed by atoms with Crippen LogP contribution in [0.2, 0.25) is 0 Å². The summed E-state index contributed by atoms with van der Waals surface area (Å²) in [6.07, 6.45) is 0.0262. The maximum absolute atomic E-state index is 13.0. The molecule has 0 saturated heterocycles. The first-order valence-electron chi connectivity index (χ1n) is 11.9. The molecule has 0 fully saturated rings. The molecule has 2 aromatic carbocycles. The van der Waals surface area contributed by atoms with Gasteiger partial charge in [-0.1, -0.05) is 19.9 Å². The molecule has 5 rings (SSSR count). The Balaban J connectivity index is 1.88. The van der Waals surface area contributed by atoms with Crippen molar-refractivity contribution in [1.82, 2.24) is 0 Å². The summed E-state index contributed by atoms with van der Waals surface area (Å²) in [5.74, 6) is 1.53. The van der Waals surface area contributed by atoms with Crippen LogP contribution in [-0.4, -0.2) is 38.9 Å². The van der Waals surface area contributed by atoms with Gasteiger partial charge in [0, 0.05) is 28.2 Å². The first-order valence-corrected chi connectivity index (χ1v) is 11.9. The van der Waals surface area contributed by atoms with Crippen LogP contribution in [0.15, 0.2) is 23.8 Å². The zero-order chi connectivity index (χ0) is 25.7. The summed E-state index contributed by atoms with van der Waals surface area (Å²) >= 11 is 0. The Kier molecular flexibility index (Phi) is 6.12. The summed E-state index contributed by atoms with van der Waals surface area (Å²) in [5, 5.41) is 11.6. The Morgan fingerprint density at radius 2 is 1.44 bits per heavy atom. The number of esters is 1. The van der Waals surface area contributed by atoms with Crippen molar-refractivity contribution < 1.29 is 43.1 Å². The zero-order valence-electron chi connectivity index (χ0n) is 21.2. The van der Waals surface area contributed by atoms with Crippen molar-refractivity contribution in [3.8, 4) is 45.6 Å². The molecule has 9 heteroatoms. The number of benzene rings is 2. The van der Waals surface area contributed by atoms with Crippen molar-refractivity contribution in [3.05, 3.63) is 34.9 Å². The fourth-order valence-electron chi connectivity index (χ4n) is 5.05. The average molecular weight is 499 g/mol. The molecule has 0 amide bonds. The van der Waals surface area contributed by atoms with Crippen molar-refractivity contribution in [2.24, 2.45) is 11.8 Å². The summed E-state index contributed by atoms with van der Waals surface area (Å²) < 4.78 is 40.7. The van der Waals surface area contributed by atoms with Crippen molar-refractivity contribution in [3.63, 3.8) is 0 Å². The number of hydrogen-bond acceptors (Lipinski definition) is 9. The molecule has 2 aliphatic heterocycles. The summed E-state index contributed by atoms with van der Waals surface area (Å²) in [6, 6.07) is 3.59. The zero-order valence-corrected chi connectivity index (χ0v) is 21.2. The monoisotopic (exact) mass is 498 g/mol. The molecule has 192 valence electrons. The van der Waals surface area contributed by atoms with E-state index in [1.54, 1.807) is 26.0 Å². The van der Waals surface area contributed by atoms with E-state index in [-0.39, 0.29) is 25.4 Å². The lowest BCUT2D eigenvalue weighted by Gasteiger charge is -2.37. The summed E-state index contributed by atoms with van der Waals surface area (Å²) in [4.78, 5) is 13.0. The first kappa shape index (κ1) is 24.1. The molecule has 0 saturated carbocycles. The largest absolute Gasteiger partial charge is 0.492 e. The Morgan fingerprint density at radius 3 is 1.97 bits per heavy atom. The molecular formula is C27H30O9. The molecule has 1 aliphatic carbocycles. The van der Waals surface area contributed by atoms with Crippen LogP contribution in [-0.2, 0) is 9.53 Å². The number of carbonyl (C=O) groups is 1. The Morgan fingerprint density at radius 1 is 0.917 bits per heavy atom. The highest BCUT2D eigenvalue weighted by atomic mass is 16.7. The van der Waals surface area contributed by atoms with Crippen molar-refractivity contribution in [2.45, 2.75) is 39.9 Å². The van der Waals surface area contributed by atoms with Gasteiger partial charge in [-0.25, -0.2) is 4.79 Å². The number of aliphatic hydroxyl groups excluding tert-OH is 1. The maximum Gasteiger partial charge on any atom is 0.333 e. The molecule has 3 aliphatic rings. The van der Waals surface area contributed by atoms with Crippen LogP contribution in [0, 0.1) is 11.8 Å². The number of hydrogen-bond donors (Lipinski definition) is 1. The highest BCUT2D eigenvalue weighted by molar-refractivity contribution is 5.91. The van der Waals surface area contributed by atoms with Gasteiger partial charge in [0.15, 0.2) is 23.0 Å². The minimum Gasteiger partial charge on any atom is -0.492 e. The van der Waals surface area contributed by atoms with Gasteiger partial charge in [-0.05, 0) is 37.5 Å². The molecule has 0 aromatic heterocycles. The second-order valence-corrected chi connectivity index (χ2v) is 9.18. The minimum absolute atomic E-state index is 0.0242. The standard InChI is InChI=1S/C27H30O9/c1-7-12(2)27(29)36-22-14(4)13(3)21(28)15-8-17-23(34-10-32-17)25(30-5)19(15)20-16(22)9-18-24(26(20)31-6)35-11-33-18/h7-9,13-14,21-22,28H,10-11H2,1-6H3/t13-,14+,21+,22+/m1/s1. The Bertz CT molecular complexity index is 1250. The molecule has 2 aromatic rings. The molecular weight excluding hydrogens is 468 g/mol. The number of allylic oxidation sites excluding steroid dienone is 1. The van der Waals surface area contributed by atoms with Crippen LogP contribution >= 0.6 is 0 Å². The van der Waals surface area contributed by atoms with Gasteiger partial charge < -0.3 is 38.3 Å². The van der Waals surface area contributed by atoms with Crippen LogP contribution in [0.1, 0.15) is 51.0 Å². The van der Waals surface area contributed by atoms with Gasteiger partial charge in [-0.3, -0.25) is 0 Å². The molecule has 0 spiro atoms. The SMILES string of the molecule is CC=C(C)C(=O)O[C@@H]1c2cc3c(c(OC)c2-c2c(cc4c(c2OC)OCO4)[C@@H](O)[C@H](C)[C@@H]1C)OCO3. The normalized spacial score (nSPS) is 23.8. The van der Waals surface area contributed by atoms with Crippen molar-refractivity contribution in [2.75, 3.05) is 27.8 Å². The lowest BCUT2D eigenvalue weighted by Crippen LogP contribution is -2.29. The van der Waals surface area contributed by atoms with Gasteiger partial charge in [0.1, 0.15) is 6.10 Å². The van der Waals surface area contributed by atoms with E-state index in [0.717, 1.165) is 0 Å². The van der Waals surface area contributed by atoms with Crippen LogP contribution in [0.25, 0.3) is 11.1 Å². The van der Waals surface area contributed by atoms with E-state index in [4.69, 9.17) is 33.2 Å². The van der Waals surface area contributed by atoms with E-state index in [1.807, 2.05) is 19.9 Å². The van der Waals surface area contributed by atoms with E-state index < -0.39 is 18.2 Å². The molecule has 4 atom stereocenters. The van der Waals surface area contributed by atoms with Gasteiger partial charge in [-0.15, -0.1) is 0 Å². The molecule has 0 radical (unpaired) electrons. The number of ether oxygens (including phenoxy) is 7. The molecule has 1 N–H and O–H groups in total. The summed E-state index contributed by atoms with van der Waals surface area (Å²) in [7, 11) is 3.06. The van der Waals surface area contributed by atoms with Gasteiger partial charge in [0.25, 0.3) is 0 Å². The number of methoxy groups -OCH3 is 2. The quantitative estimate of drug-likeness (QED) is 0.475. The van der Waals surface area contributed by atoms with Gasteiger partial charge in [-0.2, -0.15) is 0 Å². The lowest BCUT2D eigenvalue weighted by molar-refractivity contribution is -0.149. The predicted molar refractivity (Wildman–Crippen MR) is 129 cm³/mol. The lowest BCUT2D eigenvalue weighted by atomic mass is 9.74. The second-order valence-electron chi connectivity index (χ2n) is 9.18. The Hall–Kier alpha value is -3.59. The number of fused-ring (bicyclic) bond motifs is 5. The summed E-state index contributed by atoms with van der Waals surface area (Å²) in [6.45, 7) is 7.42. The maximum atomic E-state index is 13.0. The summed E-state index contributed by atoms with van der Waals surface area (Å²) in [5.41, 5.74) is 2.84. The van der Waals surface area contributed by atoms with E-state index in [1.165, 1.54) is 14.2 Å². The van der Waals surface area contributed by atoms with E-state index in [0.29, 0.717) is 62.3 Å². The molecule has 36 heavy (non-hydrogen) atoms. The van der Waals surface area contributed by atoms with Crippen LogP contribution < -0.4 is 28.4 Å². The van der Waals surface area contributed by atoms with Crippen molar-refractivity contribution >= 4 is 5.97 Å². The molecule has 0 bridgehead atoms. The van der Waals surface area contributed by atoms with E-state index >= 15 is 0 Å². The number of carbonyl (C=O) groups excluding carboxylic acids is 1. The first-order chi connectivity index (χ1) is 17.3. The third kappa shape index (κ3) is 3.52. The fourth-order valence-corrected chi connectivity index (χ4v) is 5.05. The topological polar surface area (TPSA) is 102 Å². The highest BCUT2D eigenvalue weighted by Crippen LogP contribution is 2.60. The highest BCUT2D eigenvalue weighted by Gasteiger charge is 2.43. The van der Waals surface area contributed by atoms with E-state index in [2.05, 4.69) is 0 Å². The molecule has 2 heterocycles. The van der Waals surface area contributed by atoms with Crippen LogP contribution in [0.3, 0.4) is 0 Å². The molecule has 0 unspecified atom stereocenters. The fraction of sp³-hybridized carbons (Fsp3) is 0.444. The van der Waals surface area contributed by atoms with E-state index in [9.17, 15) is 9.90 Å². The predicted octanol–water partition coefficient (Wildman–Crippen LogP) is 4.70. The Labute approximate surface area is 209 Å². The minimum atomic E-state index is -0.939. The van der Waals surface area contributed by atoms with Gasteiger partial charge in [0.05, 0.1) is 20.3 Å². The smallest absolute Gasteiger partial charge is 0.333 e. The van der Waals surface area contributed by atoms with Crippen LogP contribution in [0.5, 0.6) is 34.5 Å². The average Bonchev–Trinajstić information content (AvgIpc) is 3.56. The number of aliphatic hydroxyl groups is 1.